The van der Waals surface area contributed by atoms with Crippen molar-refractivity contribution < 1.29 is 4.42 Å². The van der Waals surface area contributed by atoms with Crippen molar-refractivity contribution in [1.82, 2.24) is 19.5 Å². The maximum Gasteiger partial charge on any atom is 0.238 e. The van der Waals surface area contributed by atoms with Crippen LogP contribution in [0.5, 0.6) is 0 Å². The highest BCUT2D eigenvalue weighted by Crippen LogP contribution is 2.42. The zero-order valence-corrected chi connectivity index (χ0v) is 26.9. The van der Waals surface area contributed by atoms with Gasteiger partial charge in [-0.05, 0) is 46.5 Å². The van der Waals surface area contributed by atoms with Crippen LogP contribution in [0.2, 0.25) is 0 Å². The molecule has 5 heteroatoms. The summed E-state index contributed by atoms with van der Waals surface area (Å²) in [5.41, 5.74) is 10.0. The molecule has 0 spiro atoms. The molecule has 0 saturated heterocycles. The van der Waals surface area contributed by atoms with E-state index in [1.165, 1.54) is 5.56 Å². The van der Waals surface area contributed by atoms with Crippen LogP contribution in [0.3, 0.4) is 0 Å². The van der Waals surface area contributed by atoms with Gasteiger partial charge in [0.2, 0.25) is 5.95 Å². The predicted molar refractivity (Wildman–Crippen MR) is 203 cm³/mol. The molecule has 50 heavy (non-hydrogen) atoms. The summed E-state index contributed by atoms with van der Waals surface area (Å²) < 4.78 is 8.67. The van der Waals surface area contributed by atoms with Crippen molar-refractivity contribution in [3.05, 3.63) is 170 Å². The second-order valence-corrected chi connectivity index (χ2v) is 12.4. The topological polar surface area (TPSA) is 56.7 Å². The molecule has 0 N–H and O–H groups in total. The molecule has 5 nitrogen and oxygen atoms in total. The number of hydrogen-bond donors (Lipinski definition) is 0. The van der Waals surface area contributed by atoms with Gasteiger partial charge in [0.15, 0.2) is 11.6 Å². The molecule has 0 bridgehead atoms. The van der Waals surface area contributed by atoms with Crippen molar-refractivity contribution in [3.63, 3.8) is 0 Å². The van der Waals surface area contributed by atoms with Crippen molar-refractivity contribution in [2.45, 2.75) is 0 Å². The van der Waals surface area contributed by atoms with Crippen LogP contribution in [0, 0.1) is 0 Å². The molecule has 3 heterocycles. The second kappa shape index (κ2) is 11.4. The minimum absolute atomic E-state index is 0.554. The number of nitrogens with zero attached hydrogens (tertiary/aromatic N) is 4. The highest BCUT2D eigenvalue weighted by Gasteiger charge is 2.22. The number of benzene rings is 7. The predicted octanol–water partition coefficient (Wildman–Crippen LogP) is 11.5. The number of aromatic nitrogens is 4. The zero-order chi connectivity index (χ0) is 33.0. The minimum Gasteiger partial charge on any atom is -0.456 e. The average molecular weight is 641 g/mol. The molecule has 10 rings (SSSR count). The van der Waals surface area contributed by atoms with Crippen LogP contribution in [-0.4, -0.2) is 19.5 Å². The summed E-state index contributed by atoms with van der Waals surface area (Å²) >= 11 is 0. The highest BCUT2D eigenvalue weighted by atomic mass is 16.3. The summed E-state index contributed by atoms with van der Waals surface area (Å²) in [6.45, 7) is 0. The van der Waals surface area contributed by atoms with Crippen LogP contribution in [0.4, 0.5) is 0 Å². The number of furan rings is 1. The Kier molecular flexibility index (Phi) is 6.42. The summed E-state index contributed by atoms with van der Waals surface area (Å²) in [5, 5.41) is 4.32. The van der Waals surface area contributed by atoms with E-state index in [-0.39, 0.29) is 0 Å². The van der Waals surface area contributed by atoms with E-state index < -0.39 is 0 Å². The lowest BCUT2D eigenvalue weighted by atomic mass is 9.97. The first-order chi connectivity index (χ1) is 24.8. The Balaban J connectivity index is 1.29. The Bertz CT molecular complexity index is 2860. The lowest BCUT2D eigenvalue weighted by Crippen LogP contribution is -2.06. The lowest BCUT2D eigenvalue weighted by Gasteiger charge is -2.12. The van der Waals surface area contributed by atoms with Crippen molar-refractivity contribution in [2.24, 2.45) is 0 Å². The van der Waals surface area contributed by atoms with Crippen molar-refractivity contribution in [2.75, 3.05) is 0 Å². The summed E-state index contributed by atoms with van der Waals surface area (Å²) in [7, 11) is 0. The van der Waals surface area contributed by atoms with E-state index >= 15 is 0 Å². The third-order valence-corrected chi connectivity index (χ3v) is 9.49. The maximum atomic E-state index is 6.49. The van der Waals surface area contributed by atoms with Crippen molar-refractivity contribution >= 4 is 43.7 Å². The summed E-state index contributed by atoms with van der Waals surface area (Å²) in [6.07, 6.45) is 0. The molecular formula is C45H28N4O. The van der Waals surface area contributed by atoms with Crippen LogP contribution in [0.1, 0.15) is 0 Å². The summed E-state index contributed by atoms with van der Waals surface area (Å²) in [4.78, 5) is 15.7. The number of para-hydroxylation sites is 1. The van der Waals surface area contributed by atoms with Crippen LogP contribution in [-0.2, 0) is 0 Å². The van der Waals surface area contributed by atoms with Gasteiger partial charge in [-0.15, -0.1) is 0 Å². The molecule has 0 fully saturated rings. The van der Waals surface area contributed by atoms with E-state index in [2.05, 4.69) is 114 Å². The lowest BCUT2D eigenvalue weighted by molar-refractivity contribution is 0.669. The Morgan fingerprint density at radius 2 is 0.860 bits per heavy atom. The normalized spacial score (nSPS) is 11.6. The number of fused-ring (bicyclic) bond motifs is 6. The fraction of sp³-hybridized carbons (Fsp3) is 0. The van der Waals surface area contributed by atoms with Crippen LogP contribution in [0.15, 0.2) is 174 Å². The van der Waals surface area contributed by atoms with Crippen LogP contribution < -0.4 is 0 Å². The molecule has 3 aromatic heterocycles. The van der Waals surface area contributed by atoms with Crippen molar-refractivity contribution in [1.29, 1.82) is 0 Å². The van der Waals surface area contributed by atoms with E-state index in [0.717, 1.165) is 71.6 Å². The second-order valence-electron chi connectivity index (χ2n) is 12.4. The van der Waals surface area contributed by atoms with Gasteiger partial charge in [0.05, 0.1) is 11.0 Å². The SMILES string of the molecule is c1ccc(-c2nc(-c3cccc4oc5cccc(-c6ccccc6)c5c34)nc(-n3c4ccccc4c4c(-c5ccccc5)cccc43)n2)cc1. The third kappa shape index (κ3) is 4.45. The summed E-state index contributed by atoms with van der Waals surface area (Å²) in [6, 6.07) is 58.4. The largest absolute Gasteiger partial charge is 0.456 e. The monoisotopic (exact) mass is 640 g/mol. The smallest absolute Gasteiger partial charge is 0.238 e. The van der Waals surface area contributed by atoms with Gasteiger partial charge < -0.3 is 4.42 Å². The first-order valence-corrected chi connectivity index (χ1v) is 16.7. The van der Waals surface area contributed by atoms with E-state index in [0.29, 0.717) is 17.6 Å². The van der Waals surface area contributed by atoms with Gasteiger partial charge in [0.1, 0.15) is 11.2 Å². The van der Waals surface area contributed by atoms with Gasteiger partial charge in [0, 0.05) is 32.7 Å². The van der Waals surface area contributed by atoms with Gasteiger partial charge in [0.25, 0.3) is 0 Å². The van der Waals surface area contributed by atoms with Gasteiger partial charge >= 0.3 is 0 Å². The Hall–Kier alpha value is -6.85. The average Bonchev–Trinajstić information content (AvgIpc) is 3.75. The van der Waals surface area contributed by atoms with Crippen molar-refractivity contribution in [3.8, 4) is 51.0 Å². The van der Waals surface area contributed by atoms with Crippen LogP contribution >= 0.6 is 0 Å². The molecule has 0 aliphatic rings. The molecule has 0 amide bonds. The van der Waals surface area contributed by atoms with E-state index in [9.17, 15) is 0 Å². The fourth-order valence-electron chi connectivity index (χ4n) is 7.31. The molecule has 234 valence electrons. The Morgan fingerprint density at radius 1 is 0.360 bits per heavy atom. The van der Waals surface area contributed by atoms with E-state index in [1.54, 1.807) is 0 Å². The molecule has 0 aliphatic heterocycles. The Labute approximate surface area is 287 Å². The Morgan fingerprint density at radius 3 is 1.54 bits per heavy atom. The van der Waals surface area contributed by atoms with E-state index in [4.69, 9.17) is 19.4 Å². The first-order valence-electron chi connectivity index (χ1n) is 16.7. The molecule has 0 aliphatic carbocycles. The minimum atomic E-state index is 0.554. The maximum absolute atomic E-state index is 6.49. The molecule has 10 aromatic rings. The molecule has 7 aromatic carbocycles. The van der Waals surface area contributed by atoms with Gasteiger partial charge in [-0.25, -0.2) is 4.98 Å². The molecule has 0 unspecified atom stereocenters. The van der Waals surface area contributed by atoms with Gasteiger partial charge in [-0.2, -0.15) is 9.97 Å². The van der Waals surface area contributed by atoms with Crippen LogP contribution in [0.25, 0.3) is 94.7 Å². The highest BCUT2D eigenvalue weighted by molar-refractivity contribution is 6.18. The van der Waals surface area contributed by atoms with Gasteiger partial charge in [-0.1, -0.05) is 146 Å². The molecule has 0 radical (unpaired) electrons. The standard InChI is InChI=1S/C45H28N4O/c1-4-15-29(16-5-1)32-22-12-26-37-40(32)34-21-10-11-25-36(34)49(37)45-47-43(31-19-8-3-9-20-31)46-44(48-45)35-24-14-28-39-42(35)41-33(23-13-27-38(41)50-39)30-17-6-2-7-18-30/h1-28H. The molecule has 0 atom stereocenters. The quantitative estimate of drug-likeness (QED) is 0.188. The van der Waals surface area contributed by atoms with Gasteiger partial charge in [-0.3, -0.25) is 4.57 Å². The molecular weight excluding hydrogens is 613 g/mol. The zero-order valence-electron chi connectivity index (χ0n) is 26.9. The first kappa shape index (κ1) is 28.2. The fourth-order valence-corrected chi connectivity index (χ4v) is 7.31. The summed E-state index contributed by atoms with van der Waals surface area (Å²) in [5.74, 6) is 1.73. The van der Waals surface area contributed by atoms with E-state index in [1.807, 2.05) is 60.7 Å². The molecule has 0 saturated carbocycles. The third-order valence-electron chi connectivity index (χ3n) is 9.49. The number of rotatable bonds is 5. The number of hydrogen-bond acceptors (Lipinski definition) is 4.